The van der Waals surface area contributed by atoms with Gasteiger partial charge in [0.15, 0.2) is 5.58 Å². The topological polar surface area (TPSA) is 90.7 Å². The third-order valence-corrected chi connectivity index (χ3v) is 3.84. The minimum atomic E-state index is -0.334. The summed E-state index contributed by atoms with van der Waals surface area (Å²) in [6.45, 7) is 0. The summed E-state index contributed by atoms with van der Waals surface area (Å²) in [6, 6.07) is 13.0. The zero-order valence-electron chi connectivity index (χ0n) is 12.8. The van der Waals surface area contributed by atoms with Crippen LogP contribution in [0.15, 0.2) is 65.6 Å². The Morgan fingerprint density at radius 2 is 1.71 bits per heavy atom. The van der Waals surface area contributed by atoms with Crippen LogP contribution in [0.25, 0.3) is 22.2 Å². The predicted molar refractivity (Wildman–Crippen MR) is 89.9 cm³/mol. The average Bonchev–Trinajstić information content (AvgIpc) is 3.06. The molecule has 1 aromatic carbocycles. The van der Waals surface area contributed by atoms with Crippen molar-refractivity contribution in [3.05, 3.63) is 72.6 Å². The molecular weight excluding hydrogens is 302 g/mol. The molecular formula is C18H15N5O. The van der Waals surface area contributed by atoms with Crippen LogP contribution in [0, 0.1) is 0 Å². The van der Waals surface area contributed by atoms with Crippen molar-refractivity contribution in [1.82, 2.24) is 20.1 Å². The number of hydrogen-bond donors (Lipinski definition) is 1. The SMILES string of the molecule is NC(Cc1ncccn1)c1ncccc1-c1noc2ccccc12. The highest BCUT2D eigenvalue weighted by Gasteiger charge is 2.19. The van der Waals surface area contributed by atoms with Gasteiger partial charge in [0.2, 0.25) is 0 Å². The maximum atomic E-state index is 6.38. The summed E-state index contributed by atoms with van der Waals surface area (Å²) in [5, 5.41) is 5.15. The Labute approximate surface area is 138 Å². The molecule has 0 amide bonds. The fourth-order valence-electron chi connectivity index (χ4n) is 2.72. The Hall–Kier alpha value is -3.12. The Bertz CT molecular complexity index is 967. The van der Waals surface area contributed by atoms with Crippen LogP contribution < -0.4 is 5.73 Å². The monoisotopic (exact) mass is 317 g/mol. The van der Waals surface area contributed by atoms with Gasteiger partial charge in [-0.15, -0.1) is 0 Å². The van der Waals surface area contributed by atoms with Crippen LogP contribution in [0.4, 0.5) is 0 Å². The van der Waals surface area contributed by atoms with E-state index in [1.54, 1.807) is 24.7 Å². The second kappa shape index (κ2) is 6.17. The van der Waals surface area contributed by atoms with E-state index in [0.717, 1.165) is 27.9 Å². The Balaban J connectivity index is 1.75. The summed E-state index contributed by atoms with van der Waals surface area (Å²) in [6.07, 6.45) is 5.65. The molecule has 0 radical (unpaired) electrons. The minimum Gasteiger partial charge on any atom is -0.356 e. The van der Waals surface area contributed by atoms with Gasteiger partial charge in [0.25, 0.3) is 0 Å². The van der Waals surface area contributed by atoms with Gasteiger partial charge < -0.3 is 10.3 Å². The number of pyridine rings is 1. The molecule has 0 spiro atoms. The molecule has 0 aliphatic carbocycles. The minimum absolute atomic E-state index is 0.334. The van der Waals surface area contributed by atoms with E-state index in [2.05, 4.69) is 20.1 Å². The molecule has 0 aliphatic heterocycles. The zero-order valence-corrected chi connectivity index (χ0v) is 12.8. The van der Waals surface area contributed by atoms with Gasteiger partial charge >= 0.3 is 0 Å². The number of nitrogens with two attached hydrogens (primary N) is 1. The smallest absolute Gasteiger partial charge is 0.167 e. The second-order valence-electron chi connectivity index (χ2n) is 5.44. The van der Waals surface area contributed by atoms with E-state index in [0.29, 0.717) is 12.2 Å². The molecule has 24 heavy (non-hydrogen) atoms. The van der Waals surface area contributed by atoms with E-state index in [1.807, 2.05) is 36.4 Å². The lowest BCUT2D eigenvalue weighted by atomic mass is 10.0. The van der Waals surface area contributed by atoms with Gasteiger partial charge in [-0.2, -0.15) is 0 Å². The molecule has 6 heteroatoms. The van der Waals surface area contributed by atoms with Gasteiger partial charge in [0.1, 0.15) is 11.5 Å². The normalized spacial score (nSPS) is 12.4. The lowest BCUT2D eigenvalue weighted by Gasteiger charge is -2.13. The van der Waals surface area contributed by atoms with Crippen LogP contribution in [0.1, 0.15) is 17.6 Å². The van der Waals surface area contributed by atoms with Gasteiger partial charge in [-0.25, -0.2) is 9.97 Å². The number of fused-ring (bicyclic) bond motifs is 1. The van der Waals surface area contributed by atoms with Gasteiger partial charge in [-0.3, -0.25) is 4.98 Å². The van der Waals surface area contributed by atoms with Crippen molar-refractivity contribution >= 4 is 11.0 Å². The molecule has 4 aromatic rings. The second-order valence-corrected chi connectivity index (χ2v) is 5.44. The van der Waals surface area contributed by atoms with E-state index in [9.17, 15) is 0 Å². The first-order chi connectivity index (χ1) is 11.8. The highest BCUT2D eigenvalue weighted by atomic mass is 16.5. The molecule has 3 heterocycles. The van der Waals surface area contributed by atoms with Crippen LogP contribution >= 0.6 is 0 Å². The van der Waals surface area contributed by atoms with Crippen molar-refractivity contribution in [3.63, 3.8) is 0 Å². The fourth-order valence-corrected chi connectivity index (χ4v) is 2.72. The number of aromatic nitrogens is 4. The van der Waals surface area contributed by atoms with Gasteiger partial charge in [-0.1, -0.05) is 17.3 Å². The van der Waals surface area contributed by atoms with Crippen molar-refractivity contribution in [2.75, 3.05) is 0 Å². The standard InChI is InChI=1S/C18H15N5O/c19-14(11-16-20-9-4-10-21-16)18-13(6-3-8-22-18)17-12-5-1-2-7-15(12)24-23-17/h1-10,14H,11,19H2. The van der Waals surface area contributed by atoms with Crippen LogP contribution in [-0.4, -0.2) is 20.1 Å². The van der Waals surface area contributed by atoms with Crippen molar-refractivity contribution in [2.45, 2.75) is 12.5 Å². The van der Waals surface area contributed by atoms with Gasteiger partial charge in [-0.05, 0) is 30.3 Å². The van der Waals surface area contributed by atoms with E-state index >= 15 is 0 Å². The predicted octanol–water partition coefficient (Wildman–Crippen LogP) is 2.92. The Morgan fingerprint density at radius 3 is 2.58 bits per heavy atom. The van der Waals surface area contributed by atoms with Crippen molar-refractivity contribution in [2.24, 2.45) is 5.73 Å². The van der Waals surface area contributed by atoms with Crippen molar-refractivity contribution in [1.29, 1.82) is 0 Å². The lowest BCUT2D eigenvalue weighted by Crippen LogP contribution is -2.17. The van der Waals surface area contributed by atoms with E-state index in [1.165, 1.54) is 0 Å². The first-order valence-corrected chi connectivity index (χ1v) is 7.64. The Morgan fingerprint density at radius 1 is 0.917 bits per heavy atom. The van der Waals surface area contributed by atoms with E-state index in [4.69, 9.17) is 10.3 Å². The molecule has 1 unspecified atom stereocenters. The Kier molecular flexibility index (Phi) is 3.72. The highest BCUT2D eigenvalue weighted by molar-refractivity contribution is 5.92. The van der Waals surface area contributed by atoms with E-state index < -0.39 is 0 Å². The van der Waals surface area contributed by atoms with Gasteiger partial charge in [0, 0.05) is 36.0 Å². The first kappa shape index (κ1) is 14.5. The summed E-state index contributed by atoms with van der Waals surface area (Å²) >= 11 is 0. The van der Waals surface area contributed by atoms with Gasteiger partial charge in [0.05, 0.1) is 11.7 Å². The molecule has 0 saturated heterocycles. The molecule has 118 valence electrons. The van der Waals surface area contributed by atoms with Crippen LogP contribution in [-0.2, 0) is 6.42 Å². The molecule has 1 atom stereocenters. The first-order valence-electron chi connectivity index (χ1n) is 7.64. The van der Waals surface area contributed by atoms with Crippen LogP contribution in [0.5, 0.6) is 0 Å². The summed E-state index contributed by atoms with van der Waals surface area (Å²) in [7, 11) is 0. The molecule has 4 rings (SSSR count). The molecule has 0 fully saturated rings. The summed E-state index contributed by atoms with van der Waals surface area (Å²) in [5.41, 5.74) is 9.48. The molecule has 0 saturated carbocycles. The highest BCUT2D eigenvalue weighted by Crippen LogP contribution is 2.31. The molecule has 3 aromatic heterocycles. The number of rotatable bonds is 4. The number of hydrogen-bond acceptors (Lipinski definition) is 6. The average molecular weight is 317 g/mol. The third-order valence-electron chi connectivity index (χ3n) is 3.84. The van der Waals surface area contributed by atoms with E-state index in [-0.39, 0.29) is 6.04 Å². The lowest BCUT2D eigenvalue weighted by molar-refractivity contribution is 0.459. The maximum Gasteiger partial charge on any atom is 0.167 e. The summed E-state index contributed by atoms with van der Waals surface area (Å²) in [5.74, 6) is 0.687. The summed E-state index contributed by atoms with van der Waals surface area (Å²) < 4.78 is 5.41. The molecule has 0 aliphatic rings. The number of nitrogens with zero attached hydrogens (tertiary/aromatic N) is 4. The van der Waals surface area contributed by atoms with Crippen LogP contribution in [0.2, 0.25) is 0 Å². The zero-order chi connectivity index (χ0) is 16.4. The molecule has 2 N–H and O–H groups in total. The third kappa shape index (κ3) is 2.63. The fraction of sp³-hybridized carbons (Fsp3) is 0.111. The summed E-state index contributed by atoms with van der Waals surface area (Å²) in [4.78, 5) is 12.9. The largest absolute Gasteiger partial charge is 0.356 e. The van der Waals surface area contributed by atoms with Crippen molar-refractivity contribution < 1.29 is 4.52 Å². The maximum absolute atomic E-state index is 6.38. The van der Waals surface area contributed by atoms with Crippen molar-refractivity contribution in [3.8, 4) is 11.3 Å². The molecule has 0 bridgehead atoms. The van der Waals surface area contributed by atoms with Crippen LogP contribution in [0.3, 0.4) is 0 Å². The quantitative estimate of drug-likeness (QED) is 0.622. The number of para-hydroxylation sites is 1. The number of benzene rings is 1. The molecule has 6 nitrogen and oxygen atoms in total.